The number of rotatable bonds is 32. The fourth-order valence-electron chi connectivity index (χ4n) is 14.9. The number of benzene rings is 4. The van der Waals surface area contributed by atoms with E-state index in [9.17, 15) is 0 Å². The van der Waals surface area contributed by atoms with Crippen molar-refractivity contribution in [2.24, 2.45) is 0 Å². The number of unbranched alkanes of at least 4 members (excludes halogenated alkanes) is 16. The Morgan fingerprint density at radius 2 is 0.404 bits per heavy atom. The molecule has 16 aromatic rings. The van der Waals surface area contributed by atoms with E-state index in [4.69, 9.17) is 17.5 Å². The van der Waals surface area contributed by atoms with Gasteiger partial charge in [-0.05, 0) is 215 Å². The lowest BCUT2D eigenvalue weighted by molar-refractivity contribution is 0.607. The minimum absolute atomic E-state index is 1.02. The molecule has 0 bridgehead atoms. The number of fused-ring (bicyclic) bond motifs is 4. The molecule has 4 aromatic carbocycles. The zero-order chi connectivity index (χ0) is 79.8. The maximum atomic E-state index is 4.78. The average Bonchev–Trinajstić information content (AvgIpc) is 1.62. The Morgan fingerprint density at radius 1 is 0.202 bits per heavy atom. The fourth-order valence-corrected chi connectivity index (χ4v) is 25.5. The highest BCUT2D eigenvalue weighted by Crippen LogP contribution is 2.47. The number of aromatic nitrogens is 8. The fraction of sp³-hybridized carbons (Fsp3) is 0.404. The van der Waals surface area contributed by atoms with Gasteiger partial charge in [-0.3, -0.25) is 0 Å². The summed E-state index contributed by atoms with van der Waals surface area (Å²) in [5.74, 6) is 0. The minimum Gasteiger partial charge on any atom is -0.172 e. The molecule has 0 saturated carbocycles. The van der Waals surface area contributed by atoms with E-state index in [1.807, 2.05) is 68.0 Å². The molecule has 20 heteroatoms. The van der Waals surface area contributed by atoms with Gasteiger partial charge in [-0.25, -0.2) is 0 Å². The first-order valence-corrected chi connectivity index (χ1v) is 50.6. The Bertz CT molecular complexity index is 5400. The van der Waals surface area contributed by atoms with Crippen molar-refractivity contribution in [3.63, 3.8) is 0 Å². The first-order valence-electron chi connectivity index (χ1n) is 41.2. The van der Waals surface area contributed by atoms with Crippen LogP contribution in [0, 0.1) is 69.2 Å². The van der Waals surface area contributed by atoms with E-state index < -0.39 is 0 Å². The molecule has 16 rings (SSSR count). The van der Waals surface area contributed by atoms with Gasteiger partial charge in [0.15, 0.2) is 0 Å². The number of thiophene rings is 8. The molecule has 0 aliphatic rings. The van der Waals surface area contributed by atoms with Crippen molar-refractivity contribution < 1.29 is 0 Å². The SMILES string of the molecule is CCCCCCCCc1cc(-c2ccc(-c3cc(CCCCCCCC)c(C)s3)c3nsnc23)sc1C.CCCCCCc1cc(-c2ccc(-c3cc(CCCCCC)c(C)s3)c3nsnc23)sc1C.Cc1cc(-c2ccc(-c3cc(C)c(C)s3)c3nsnc23)sc1C.Cc1ccc(-c2ccc(-c3ccc(C)s3)c3nsnc23)s1. The summed E-state index contributed by atoms with van der Waals surface area (Å²) in [5, 5.41) is 0. The zero-order valence-electron chi connectivity index (χ0n) is 68.8. The topological polar surface area (TPSA) is 103 Å². The molecule has 0 atom stereocenters. The van der Waals surface area contributed by atoms with E-state index in [-0.39, 0.29) is 0 Å². The third-order valence-corrected chi connectivity index (χ3v) is 32.9. The standard InChI is InChI=1S/C32H44N2S3.C28H36N2S3.C18H16N2S3.C16H12N2S3/c1-5-7-9-11-13-15-17-25-21-29(35-23(25)3)27-19-20-28(32-31(27)33-37-34-32)30-22-26(24(4)36-30)18-16-14-12-10-8-6-2;1-5-7-9-11-13-21-17-25(31-19(21)3)23-15-16-24(28-27(23)29-33-30-28)26-18-22(20(4)32-26)14-12-10-8-6-2;1-9-7-15(21-11(9)3)13-5-6-14(18-17(13)19-23-20-18)16-8-10(2)12(4)22-16;1-9-3-7-13(19-9)11-5-6-12(14-8-4-10(2)20-14)16-15(11)17-21-18-16/h19-22H,5-18H2,1-4H3;15-18H,5-14H2,1-4H3;5-8H,1-4H3;3-8H,1-2H3. The quantitative estimate of drug-likeness (QED) is 0.0384. The van der Waals surface area contributed by atoms with E-state index in [1.54, 1.807) is 22.7 Å². The third-order valence-electron chi connectivity index (χ3n) is 21.9. The van der Waals surface area contributed by atoms with Crippen molar-refractivity contribution >= 4 is 182 Å². The number of hydrogen-bond donors (Lipinski definition) is 0. The van der Waals surface area contributed by atoms with Crippen molar-refractivity contribution in [3.05, 3.63) is 182 Å². The Labute approximate surface area is 725 Å². The summed E-state index contributed by atoms with van der Waals surface area (Å²) in [5.41, 5.74) is 26.8. The van der Waals surface area contributed by atoms with Crippen LogP contribution in [0.2, 0.25) is 0 Å². The summed E-state index contributed by atoms with van der Waals surface area (Å²) in [7, 11) is 0. The average molecular weight is 1730 g/mol. The van der Waals surface area contributed by atoms with Crippen molar-refractivity contribution in [2.45, 2.75) is 251 Å². The van der Waals surface area contributed by atoms with Crippen LogP contribution >= 0.6 is 138 Å². The summed E-state index contributed by atoms with van der Waals surface area (Å²) in [4.78, 5) is 21.6. The van der Waals surface area contributed by atoms with E-state index in [1.165, 1.54) is 357 Å². The second-order valence-corrected chi connectivity index (χ2v) is 42.7. The Kier molecular flexibility index (Phi) is 31.1. The van der Waals surface area contributed by atoms with Crippen molar-refractivity contribution in [3.8, 4) is 83.5 Å². The second kappa shape index (κ2) is 41.4. The molecule has 0 unspecified atom stereocenters. The molecule has 0 radical (unpaired) electrons. The Balaban J connectivity index is 0.000000136. The molecule has 12 aromatic heterocycles. The molecule has 114 heavy (non-hydrogen) atoms. The van der Waals surface area contributed by atoms with Crippen LogP contribution in [0.5, 0.6) is 0 Å². The van der Waals surface area contributed by atoms with E-state index in [0.29, 0.717) is 0 Å². The molecule has 0 saturated heterocycles. The van der Waals surface area contributed by atoms with Gasteiger partial charge in [-0.2, -0.15) is 35.0 Å². The molecular formula is C94H108N8S12. The molecule has 0 fully saturated rings. The van der Waals surface area contributed by atoms with Crippen LogP contribution in [-0.4, -0.2) is 35.0 Å². The van der Waals surface area contributed by atoms with Crippen molar-refractivity contribution in [1.29, 1.82) is 0 Å². The number of nitrogens with zero attached hydrogens (tertiary/aromatic N) is 8. The monoisotopic (exact) mass is 1730 g/mol. The van der Waals surface area contributed by atoms with Gasteiger partial charge in [-0.1, -0.05) is 179 Å². The number of hydrogen-bond acceptors (Lipinski definition) is 20. The van der Waals surface area contributed by atoms with Crippen LogP contribution < -0.4 is 0 Å². The molecule has 0 aliphatic carbocycles. The van der Waals surface area contributed by atoms with Gasteiger partial charge in [0.1, 0.15) is 44.1 Å². The lowest BCUT2D eigenvalue weighted by Gasteiger charge is -2.04. The highest BCUT2D eigenvalue weighted by molar-refractivity contribution is 7.18. The maximum Gasteiger partial charge on any atom is 0.114 e. The van der Waals surface area contributed by atoms with Gasteiger partial charge < -0.3 is 0 Å². The van der Waals surface area contributed by atoms with Gasteiger partial charge in [-0.15, -0.1) is 90.7 Å². The Morgan fingerprint density at radius 3 is 0.614 bits per heavy atom. The van der Waals surface area contributed by atoms with Crippen LogP contribution in [0.3, 0.4) is 0 Å². The predicted molar refractivity (Wildman–Crippen MR) is 513 cm³/mol. The third kappa shape index (κ3) is 20.9. The highest BCUT2D eigenvalue weighted by Gasteiger charge is 2.23. The summed E-state index contributed by atoms with van der Waals surface area (Å²) in [6.07, 6.45) is 31.5. The lowest BCUT2D eigenvalue weighted by Crippen LogP contribution is -1.86. The lowest BCUT2D eigenvalue weighted by atomic mass is 10.0. The van der Waals surface area contributed by atoms with Gasteiger partial charge in [0, 0.05) is 123 Å². The zero-order valence-corrected chi connectivity index (χ0v) is 78.6. The van der Waals surface area contributed by atoms with E-state index in [2.05, 4.69) is 224 Å². The molecule has 8 nitrogen and oxygen atoms in total. The Hall–Kier alpha value is -6.24. The summed E-state index contributed by atoms with van der Waals surface area (Å²) in [6.45, 7) is 31.2. The van der Waals surface area contributed by atoms with Crippen LogP contribution in [0.15, 0.2) is 109 Å². The van der Waals surface area contributed by atoms with Crippen LogP contribution in [0.4, 0.5) is 0 Å². The van der Waals surface area contributed by atoms with Crippen LogP contribution in [0.1, 0.15) is 229 Å². The molecule has 596 valence electrons. The molecule has 0 amide bonds. The predicted octanol–water partition coefficient (Wildman–Crippen LogP) is 33.7. The molecule has 0 aliphatic heterocycles. The summed E-state index contributed by atoms with van der Waals surface area (Å²) < 4.78 is 37.3. The molecule has 12 heterocycles. The van der Waals surface area contributed by atoms with Gasteiger partial charge in [0.05, 0.1) is 46.9 Å². The summed E-state index contributed by atoms with van der Waals surface area (Å²) >= 11 is 20.2. The maximum absolute atomic E-state index is 4.78. The molecule has 0 spiro atoms. The first-order chi connectivity index (χ1) is 55.5. The molecular weight excluding hydrogens is 1630 g/mol. The van der Waals surface area contributed by atoms with Gasteiger partial charge >= 0.3 is 0 Å². The van der Waals surface area contributed by atoms with E-state index >= 15 is 0 Å². The summed E-state index contributed by atoms with van der Waals surface area (Å²) in [6, 6.07) is 40.7. The van der Waals surface area contributed by atoms with Crippen molar-refractivity contribution in [2.75, 3.05) is 0 Å². The van der Waals surface area contributed by atoms with Crippen LogP contribution in [-0.2, 0) is 25.7 Å². The van der Waals surface area contributed by atoms with Crippen LogP contribution in [0.25, 0.3) is 128 Å². The normalized spacial score (nSPS) is 11.6. The van der Waals surface area contributed by atoms with E-state index in [0.717, 1.165) is 44.1 Å². The van der Waals surface area contributed by atoms with Gasteiger partial charge in [0.2, 0.25) is 0 Å². The smallest absolute Gasteiger partial charge is 0.114 e. The first kappa shape index (κ1) is 85.6. The number of aryl methyl sites for hydroxylation is 14. The second-order valence-electron chi connectivity index (χ2n) is 30.4. The minimum atomic E-state index is 1.02. The van der Waals surface area contributed by atoms with Crippen molar-refractivity contribution in [1.82, 2.24) is 35.0 Å². The highest BCUT2D eigenvalue weighted by atomic mass is 32.1. The van der Waals surface area contributed by atoms with Gasteiger partial charge in [0.25, 0.3) is 0 Å². The largest absolute Gasteiger partial charge is 0.172 e. The molecule has 0 N–H and O–H groups in total.